The lowest BCUT2D eigenvalue weighted by molar-refractivity contribution is 0.102. The Hall–Kier alpha value is -2.47. The molecule has 3 heterocycles. The summed E-state index contributed by atoms with van der Waals surface area (Å²) in [4.78, 5) is 19.0. The molecule has 0 spiro atoms. The van der Waals surface area contributed by atoms with Gasteiger partial charge in [-0.05, 0) is 50.2 Å². The molecule has 2 aromatic rings. The number of amides is 1. The molecule has 1 N–H and O–H groups in total. The third kappa shape index (κ3) is 4.45. The summed E-state index contributed by atoms with van der Waals surface area (Å²) in [7, 11) is 0. The van der Waals surface area contributed by atoms with E-state index in [4.69, 9.17) is 0 Å². The molecule has 2 aromatic heterocycles. The van der Waals surface area contributed by atoms with E-state index in [1.807, 2.05) is 10.7 Å². The molecule has 4 rings (SSSR count). The highest BCUT2D eigenvalue weighted by Gasteiger charge is 2.25. The molecule has 1 unspecified atom stereocenters. The van der Waals surface area contributed by atoms with Gasteiger partial charge in [0.05, 0.1) is 12.2 Å². The number of anilines is 1. The lowest BCUT2D eigenvalue weighted by Gasteiger charge is -2.35. The molecule has 6 nitrogen and oxygen atoms in total. The normalized spacial score (nSPS) is 21.3. The average molecular weight is 365 g/mol. The lowest BCUT2D eigenvalue weighted by Crippen LogP contribution is -2.38. The summed E-state index contributed by atoms with van der Waals surface area (Å²) in [6.07, 6.45) is 15.6. The van der Waals surface area contributed by atoms with Crippen LogP contribution in [0.1, 0.15) is 48.5 Å². The van der Waals surface area contributed by atoms with Gasteiger partial charge in [0, 0.05) is 43.7 Å². The third-order valence-electron chi connectivity index (χ3n) is 5.65. The monoisotopic (exact) mass is 365 g/mol. The highest BCUT2D eigenvalue weighted by molar-refractivity contribution is 6.03. The van der Waals surface area contributed by atoms with Gasteiger partial charge in [0.1, 0.15) is 5.82 Å². The van der Waals surface area contributed by atoms with Crippen LogP contribution in [-0.2, 0) is 0 Å². The molecule has 0 aromatic carbocycles. The van der Waals surface area contributed by atoms with Crippen molar-refractivity contribution in [2.24, 2.45) is 5.92 Å². The summed E-state index contributed by atoms with van der Waals surface area (Å²) in [6, 6.07) is 5.65. The number of carbonyl (C=O) groups excluding carboxylic acids is 1. The fraction of sp³-hybridized carbons (Fsp3) is 0.476. The minimum atomic E-state index is -0.123. The van der Waals surface area contributed by atoms with Gasteiger partial charge in [-0.3, -0.25) is 9.78 Å². The van der Waals surface area contributed by atoms with Gasteiger partial charge < -0.3 is 10.2 Å². The molecular formula is C21H27N5O. The Morgan fingerprint density at radius 2 is 1.89 bits per heavy atom. The molecule has 1 aliphatic carbocycles. The maximum atomic E-state index is 12.4. The van der Waals surface area contributed by atoms with Gasteiger partial charge in [-0.15, -0.1) is 0 Å². The van der Waals surface area contributed by atoms with E-state index in [0.717, 1.165) is 37.7 Å². The zero-order valence-electron chi connectivity index (χ0n) is 15.6. The highest BCUT2D eigenvalue weighted by Crippen LogP contribution is 2.27. The maximum absolute atomic E-state index is 12.4. The van der Waals surface area contributed by atoms with Crippen molar-refractivity contribution in [1.82, 2.24) is 19.7 Å². The van der Waals surface area contributed by atoms with Crippen molar-refractivity contribution in [1.29, 1.82) is 0 Å². The van der Waals surface area contributed by atoms with Crippen LogP contribution in [0.15, 0.2) is 48.9 Å². The molecule has 1 atom stereocenters. The minimum absolute atomic E-state index is 0.123. The molecule has 6 heteroatoms. The number of pyridine rings is 1. The second-order valence-corrected chi connectivity index (χ2v) is 7.53. The van der Waals surface area contributed by atoms with Crippen molar-refractivity contribution in [3.63, 3.8) is 0 Å². The SMILES string of the molecule is O=C(Nc1ccnn1C1CCN(CC2CC=CCC2)CC1)c1ccncc1. The number of likely N-dealkylation sites (tertiary alicyclic amines) is 1. The number of hydrogen-bond donors (Lipinski definition) is 1. The number of nitrogens with zero attached hydrogens (tertiary/aromatic N) is 4. The number of hydrogen-bond acceptors (Lipinski definition) is 4. The van der Waals surface area contributed by atoms with Gasteiger partial charge in [0.25, 0.3) is 5.91 Å². The molecule has 1 saturated heterocycles. The largest absolute Gasteiger partial charge is 0.307 e. The van der Waals surface area contributed by atoms with Gasteiger partial charge in [0.15, 0.2) is 0 Å². The summed E-state index contributed by atoms with van der Waals surface area (Å²) in [5.74, 6) is 1.46. The maximum Gasteiger partial charge on any atom is 0.256 e. The first-order valence-electron chi connectivity index (χ1n) is 9.92. The molecule has 27 heavy (non-hydrogen) atoms. The number of carbonyl (C=O) groups is 1. The van der Waals surface area contributed by atoms with E-state index in [-0.39, 0.29) is 5.91 Å². The van der Waals surface area contributed by atoms with Crippen molar-refractivity contribution < 1.29 is 4.79 Å². The van der Waals surface area contributed by atoms with Gasteiger partial charge in [-0.2, -0.15) is 5.10 Å². The van der Waals surface area contributed by atoms with Crippen LogP contribution in [0.2, 0.25) is 0 Å². The van der Waals surface area contributed by atoms with Crippen LogP contribution in [0, 0.1) is 5.92 Å². The molecule has 2 aliphatic rings. The second-order valence-electron chi connectivity index (χ2n) is 7.53. The third-order valence-corrected chi connectivity index (χ3v) is 5.65. The van der Waals surface area contributed by atoms with E-state index < -0.39 is 0 Å². The standard InChI is InChI=1S/C21H27N5O/c27-21(18-6-11-22-12-7-18)24-20-8-13-23-26(20)19-9-14-25(15-10-19)16-17-4-2-1-3-5-17/h1-2,6-8,11-13,17,19H,3-5,9-10,14-16H2,(H,24,27). The molecule has 142 valence electrons. The van der Waals surface area contributed by atoms with Crippen molar-refractivity contribution in [2.45, 2.75) is 38.1 Å². The van der Waals surface area contributed by atoms with E-state index in [0.29, 0.717) is 11.6 Å². The van der Waals surface area contributed by atoms with Crippen LogP contribution >= 0.6 is 0 Å². The van der Waals surface area contributed by atoms with Crippen molar-refractivity contribution in [3.8, 4) is 0 Å². The van der Waals surface area contributed by atoms with Crippen molar-refractivity contribution in [2.75, 3.05) is 25.0 Å². The predicted octanol–water partition coefficient (Wildman–Crippen LogP) is 3.52. The number of nitrogens with one attached hydrogen (secondary N) is 1. The Balaban J connectivity index is 1.33. The van der Waals surface area contributed by atoms with E-state index in [9.17, 15) is 4.79 Å². The smallest absolute Gasteiger partial charge is 0.256 e. The predicted molar refractivity (Wildman–Crippen MR) is 106 cm³/mol. The summed E-state index contributed by atoms with van der Waals surface area (Å²) >= 11 is 0. The Labute approximate surface area is 160 Å². The van der Waals surface area contributed by atoms with Crippen LogP contribution in [0.3, 0.4) is 0 Å². The average Bonchev–Trinajstić information content (AvgIpc) is 3.18. The van der Waals surface area contributed by atoms with Crippen LogP contribution in [0.25, 0.3) is 0 Å². The Bertz CT molecular complexity index is 777. The summed E-state index contributed by atoms with van der Waals surface area (Å²) in [6.45, 7) is 3.41. The van der Waals surface area contributed by atoms with Crippen LogP contribution < -0.4 is 5.32 Å². The van der Waals surface area contributed by atoms with Crippen LogP contribution in [0.4, 0.5) is 5.82 Å². The number of aromatic nitrogens is 3. The van der Waals surface area contributed by atoms with E-state index in [1.165, 1.54) is 25.8 Å². The highest BCUT2D eigenvalue weighted by atomic mass is 16.1. The van der Waals surface area contributed by atoms with Gasteiger partial charge >= 0.3 is 0 Å². The number of piperidine rings is 1. The molecule has 0 saturated carbocycles. The van der Waals surface area contributed by atoms with Gasteiger partial charge in [-0.25, -0.2) is 4.68 Å². The second kappa shape index (κ2) is 8.48. The Kier molecular flexibility index (Phi) is 5.63. The molecule has 1 amide bonds. The summed E-state index contributed by atoms with van der Waals surface area (Å²) < 4.78 is 1.99. The quantitative estimate of drug-likeness (QED) is 0.824. The van der Waals surface area contributed by atoms with E-state index in [2.05, 4.69) is 32.5 Å². The van der Waals surface area contributed by atoms with Crippen LogP contribution in [0.5, 0.6) is 0 Å². The Morgan fingerprint density at radius 3 is 2.63 bits per heavy atom. The van der Waals surface area contributed by atoms with Gasteiger partial charge in [-0.1, -0.05) is 12.2 Å². The molecule has 1 fully saturated rings. The Morgan fingerprint density at radius 1 is 1.07 bits per heavy atom. The first kappa shape index (κ1) is 17.9. The first-order chi connectivity index (χ1) is 13.3. The topological polar surface area (TPSA) is 63.1 Å². The van der Waals surface area contributed by atoms with Crippen molar-refractivity contribution in [3.05, 3.63) is 54.5 Å². The van der Waals surface area contributed by atoms with Crippen molar-refractivity contribution >= 4 is 11.7 Å². The number of rotatable bonds is 5. The summed E-state index contributed by atoms with van der Waals surface area (Å²) in [5, 5.41) is 7.48. The first-order valence-corrected chi connectivity index (χ1v) is 9.92. The van der Waals surface area contributed by atoms with Crippen LogP contribution in [-0.4, -0.2) is 45.2 Å². The van der Waals surface area contributed by atoms with E-state index >= 15 is 0 Å². The zero-order chi connectivity index (χ0) is 18.5. The van der Waals surface area contributed by atoms with Gasteiger partial charge in [0.2, 0.25) is 0 Å². The van der Waals surface area contributed by atoms with E-state index in [1.54, 1.807) is 30.7 Å². The number of allylic oxidation sites excluding steroid dienone is 2. The summed E-state index contributed by atoms with van der Waals surface area (Å²) in [5.41, 5.74) is 0.606. The molecule has 0 bridgehead atoms. The fourth-order valence-corrected chi connectivity index (χ4v) is 4.13. The zero-order valence-corrected chi connectivity index (χ0v) is 15.6. The molecule has 1 aliphatic heterocycles. The fourth-order valence-electron chi connectivity index (χ4n) is 4.13. The molecule has 0 radical (unpaired) electrons. The molecular weight excluding hydrogens is 338 g/mol. The lowest BCUT2D eigenvalue weighted by atomic mass is 9.93. The minimum Gasteiger partial charge on any atom is -0.307 e.